The minimum absolute atomic E-state index is 0.199. The van der Waals surface area contributed by atoms with Crippen LogP contribution in [0.1, 0.15) is 12.7 Å². The van der Waals surface area contributed by atoms with E-state index < -0.39 is 5.97 Å². The quantitative estimate of drug-likeness (QED) is 0.731. The van der Waals surface area contributed by atoms with Gasteiger partial charge in [0.25, 0.3) is 0 Å². The number of rotatable bonds is 3. The molecule has 1 aliphatic rings. The molecule has 15 heavy (non-hydrogen) atoms. The standard InChI is InChI=1S/C9H14N4O2/c1-6-2-13(3-7(6)9(14)15)4-8-10-5-11-12-8/h5-7H,2-4H2,1H3,(H,14,15)(H,10,11,12)/t6-,7-/m1/s1. The molecule has 1 aromatic rings. The number of carbonyl (C=O) groups is 1. The number of aromatic amines is 1. The highest BCUT2D eigenvalue weighted by molar-refractivity contribution is 5.71. The zero-order valence-corrected chi connectivity index (χ0v) is 8.55. The summed E-state index contributed by atoms with van der Waals surface area (Å²) < 4.78 is 0. The fraction of sp³-hybridized carbons (Fsp3) is 0.667. The van der Waals surface area contributed by atoms with Crippen molar-refractivity contribution in [2.75, 3.05) is 13.1 Å². The van der Waals surface area contributed by atoms with Crippen LogP contribution < -0.4 is 0 Å². The van der Waals surface area contributed by atoms with E-state index in [4.69, 9.17) is 5.11 Å². The zero-order valence-electron chi connectivity index (χ0n) is 8.55. The molecule has 2 rings (SSSR count). The number of carboxylic acid groups (broad SMARTS) is 1. The van der Waals surface area contributed by atoms with Crippen molar-refractivity contribution in [1.29, 1.82) is 0 Å². The van der Waals surface area contributed by atoms with Crippen molar-refractivity contribution < 1.29 is 9.90 Å². The first-order valence-electron chi connectivity index (χ1n) is 4.96. The van der Waals surface area contributed by atoms with E-state index >= 15 is 0 Å². The minimum atomic E-state index is -0.706. The van der Waals surface area contributed by atoms with Gasteiger partial charge in [-0.1, -0.05) is 6.92 Å². The van der Waals surface area contributed by atoms with E-state index in [1.165, 1.54) is 6.33 Å². The van der Waals surface area contributed by atoms with Crippen LogP contribution in [0.25, 0.3) is 0 Å². The van der Waals surface area contributed by atoms with Crippen LogP contribution in [-0.4, -0.2) is 44.2 Å². The molecule has 1 saturated heterocycles. The second-order valence-electron chi connectivity index (χ2n) is 4.05. The summed E-state index contributed by atoms with van der Waals surface area (Å²) in [5, 5.41) is 15.5. The molecule has 2 N–H and O–H groups in total. The van der Waals surface area contributed by atoms with E-state index in [2.05, 4.69) is 20.1 Å². The van der Waals surface area contributed by atoms with E-state index in [0.29, 0.717) is 13.1 Å². The van der Waals surface area contributed by atoms with Gasteiger partial charge in [0, 0.05) is 13.1 Å². The second-order valence-corrected chi connectivity index (χ2v) is 4.05. The lowest BCUT2D eigenvalue weighted by atomic mass is 9.99. The van der Waals surface area contributed by atoms with E-state index in [1.807, 2.05) is 6.92 Å². The molecule has 0 unspecified atom stereocenters. The summed E-state index contributed by atoms with van der Waals surface area (Å²) in [6.07, 6.45) is 1.46. The average Bonchev–Trinajstić information content (AvgIpc) is 2.75. The fourth-order valence-corrected chi connectivity index (χ4v) is 2.04. The van der Waals surface area contributed by atoms with Crippen LogP contribution in [0.3, 0.4) is 0 Å². The Labute approximate surface area is 87.3 Å². The summed E-state index contributed by atoms with van der Waals surface area (Å²) in [7, 11) is 0. The first kappa shape index (κ1) is 10.1. The number of nitrogens with zero attached hydrogens (tertiary/aromatic N) is 3. The van der Waals surface area contributed by atoms with Crippen LogP contribution in [0.4, 0.5) is 0 Å². The van der Waals surface area contributed by atoms with Crippen LogP contribution in [0.2, 0.25) is 0 Å². The van der Waals surface area contributed by atoms with Gasteiger partial charge >= 0.3 is 5.97 Å². The zero-order chi connectivity index (χ0) is 10.8. The van der Waals surface area contributed by atoms with Crippen LogP contribution in [0, 0.1) is 11.8 Å². The van der Waals surface area contributed by atoms with Crippen molar-refractivity contribution in [2.24, 2.45) is 11.8 Å². The van der Waals surface area contributed by atoms with Crippen LogP contribution >= 0.6 is 0 Å². The van der Waals surface area contributed by atoms with Crippen molar-refractivity contribution in [3.05, 3.63) is 12.2 Å². The van der Waals surface area contributed by atoms with Gasteiger partial charge in [0.2, 0.25) is 0 Å². The summed E-state index contributed by atoms with van der Waals surface area (Å²) in [5.41, 5.74) is 0. The molecule has 0 amide bonds. The second kappa shape index (κ2) is 3.98. The first-order valence-corrected chi connectivity index (χ1v) is 4.96. The first-order chi connectivity index (χ1) is 7.16. The monoisotopic (exact) mass is 210 g/mol. The average molecular weight is 210 g/mol. The van der Waals surface area contributed by atoms with Gasteiger partial charge in [-0.05, 0) is 5.92 Å². The van der Waals surface area contributed by atoms with Gasteiger partial charge < -0.3 is 5.11 Å². The summed E-state index contributed by atoms with van der Waals surface area (Å²) in [6.45, 7) is 4.02. The Hall–Kier alpha value is -1.43. The van der Waals surface area contributed by atoms with Crippen molar-refractivity contribution in [2.45, 2.75) is 13.5 Å². The van der Waals surface area contributed by atoms with Gasteiger partial charge in [0.05, 0.1) is 12.5 Å². The molecule has 0 spiro atoms. The fourth-order valence-electron chi connectivity index (χ4n) is 2.04. The maximum atomic E-state index is 10.9. The van der Waals surface area contributed by atoms with Crippen LogP contribution in [0.5, 0.6) is 0 Å². The molecule has 0 aliphatic carbocycles. The maximum absolute atomic E-state index is 10.9. The predicted molar refractivity (Wildman–Crippen MR) is 51.9 cm³/mol. The molecule has 2 heterocycles. The van der Waals surface area contributed by atoms with E-state index in [0.717, 1.165) is 12.4 Å². The van der Waals surface area contributed by atoms with E-state index in [9.17, 15) is 4.79 Å². The number of hydrogen-bond acceptors (Lipinski definition) is 4. The van der Waals surface area contributed by atoms with Crippen LogP contribution in [0.15, 0.2) is 6.33 Å². The third kappa shape index (κ3) is 2.15. The SMILES string of the molecule is C[C@@H]1CN(Cc2ncn[nH]2)C[C@H]1C(=O)O. The largest absolute Gasteiger partial charge is 0.481 e. The summed E-state index contributed by atoms with van der Waals surface area (Å²) in [4.78, 5) is 17.0. The molecule has 6 nitrogen and oxygen atoms in total. The van der Waals surface area contributed by atoms with E-state index in [1.54, 1.807) is 0 Å². The highest BCUT2D eigenvalue weighted by atomic mass is 16.4. The molecule has 0 bridgehead atoms. The molecule has 1 aromatic heterocycles. The molecule has 0 radical (unpaired) electrons. The van der Waals surface area contributed by atoms with Crippen molar-refractivity contribution in [3.8, 4) is 0 Å². The molecule has 6 heteroatoms. The van der Waals surface area contributed by atoms with Gasteiger partial charge in [-0.25, -0.2) is 4.98 Å². The van der Waals surface area contributed by atoms with Crippen LogP contribution in [-0.2, 0) is 11.3 Å². The predicted octanol–water partition coefficient (Wildman–Crippen LogP) is -0.0428. The normalized spacial score (nSPS) is 27.0. The highest BCUT2D eigenvalue weighted by Crippen LogP contribution is 2.23. The number of H-pyrrole nitrogens is 1. The Balaban J connectivity index is 1.94. The lowest BCUT2D eigenvalue weighted by Gasteiger charge is -2.12. The van der Waals surface area contributed by atoms with Gasteiger partial charge in [-0.15, -0.1) is 0 Å². The maximum Gasteiger partial charge on any atom is 0.308 e. The summed E-state index contributed by atoms with van der Waals surface area (Å²) in [5.74, 6) is 0.0224. The number of hydrogen-bond donors (Lipinski definition) is 2. The molecule has 2 atom stereocenters. The minimum Gasteiger partial charge on any atom is -0.481 e. The van der Waals surface area contributed by atoms with E-state index in [-0.39, 0.29) is 11.8 Å². The molecular formula is C9H14N4O2. The van der Waals surface area contributed by atoms with Gasteiger partial charge in [0.15, 0.2) is 0 Å². The molecular weight excluding hydrogens is 196 g/mol. The number of likely N-dealkylation sites (tertiary alicyclic amines) is 1. The number of aromatic nitrogens is 3. The summed E-state index contributed by atoms with van der Waals surface area (Å²) in [6, 6.07) is 0. The van der Waals surface area contributed by atoms with Crippen molar-refractivity contribution >= 4 is 5.97 Å². The lowest BCUT2D eigenvalue weighted by molar-refractivity contribution is -0.142. The Morgan fingerprint density at radius 3 is 3.07 bits per heavy atom. The van der Waals surface area contributed by atoms with Gasteiger partial charge in [-0.2, -0.15) is 5.10 Å². The third-order valence-corrected chi connectivity index (χ3v) is 2.84. The van der Waals surface area contributed by atoms with Gasteiger partial charge in [-0.3, -0.25) is 14.8 Å². The Kier molecular flexibility index (Phi) is 2.68. The smallest absolute Gasteiger partial charge is 0.308 e. The Bertz CT molecular complexity index is 338. The lowest BCUT2D eigenvalue weighted by Crippen LogP contribution is -2.23. The number of carboxylic acids is 1. The Morgan fingerprint density at radius 2 is 2.53 bits per heavy atom. The number of nitrogens with one attached hydrogen (secondary N) is 1. The van der Waals surface area contributed by atoms with Gasteiger partial charge in [0.1, 0.15) is 12.2 Å². The molecule has 1 aliphatic heterocycles. The summed E-state index contributed by atoms with van der Waals surface area (Å²) >= 11 is 0. The Morgan fingerprint density at radius 1 is 1.73 bits per heavy atom. The topological polar surface area (TPSA) is 82.1 Å². The third-order valence-electron chi connectivity index (χ3n) is 2.84. The molecule has 1 fully saturated rings. The molecule has 0 saturated carbocycles. The number of aliphatic carboxylic acids is 1. The van der Waals surface area contributed by atoms with Crippen molar-refractivity contribution in [3.63, 3.8) is 0 Å². The molecule has 0 aromatic carbocycles. The highest BCUT2D eigenvalue weighted by Gasteiger charge is 2.34. The molecule has 82 valence electrons. The van der Waals surface area contributed by atoms with Crippen molar-refractivity contribution in [1.82, 2.24) is 20.1 Å².